The third-order valence-electron chi connectivity index (χ3n) is 5.57. The minimum Gasteiger partial charge on any atom is -0.310 e. The fourth-order valence-electron chi connectivity index (χ4n) is 3.64. The quantitative estimate of drug-likeness (QED) is 0.384. The topological polar surface area (TPSA) is 90.5 Å². The van der Waals surface area contributed by atoms with Gasteiger partial charge in [-0.05, 0) is 37.1 Å². The largest absolute Gasteiger partial charge is 0.310 e. The number of anilines is 1. The average molecular weight is 474 g/mol. The van der Waals surface area contributed by atoms with Crippen LogP contribution in [0.3, 0.4) is 0 Å². The molecule has 174 valence electrons. The number of rotatable bonds is 7. The summed E-state index contributed by atoms with van der Waals surface area (Å²) in [7, 11) is 0. The fourth-order valence-corrected chi connectivity index (χ4v) is 4.45. The van der Waals surface area contributed by atoms with Crippen molar-refractivity contribution in [2.75, 3.05) is 11.1 Å². The van der Waals surface area contributed by atoms with Crippen LogP contribution < -0.4 is 5.32 Å². The molecule has 0 saturated heterocycles. The summed E-state index contributed by atoms with van der Waals surface area (Å²) in [4.78, 5) is 17.2. The lowest BCUT2D eigenvalue weighted by atomic mass is 9.92. The molecule has 5 rings (SSSR count). The molecule has 1 aromatic carbocycles. The number of carbonyl (C=O) groups is 1. The molecular formula is C25H27N7OS. The molecule has 4 aromatic rings. The van der Waals surface area contributed by atoms with Gasteiger partial charge in [-0.15, -0.1) is 10.2 Å². The van der Waals surface area contributed by atoms with E-state index >= 15 is 0 Å². The number of hydrogen-bond acceptors (Lipinski definition) is 6. The molecule has 0 bridgehead atoms. The van der Waals surface area contributed by atoms with Gasteiger partial charge in [-0.3, -0.25) is 14.3 Å². The molecule has 8 nitrogen and oxygen atoms in total. The number of amides is 1. The van der Waals surface area contributed by atoms with Gasteiger partial charge in [0.15, 0.2) is 11.0 Å². The second-order valence-electron chi connectivity index (χ2n) is 9.40. The van der Waals surface area contributed by atoms with E-state index in [1.807, 2.05) is 48.5 Å². The highest BCUT2D eigenvalue weighted by Crippen LogP contribution is 2.41. The van der Waals surface area contributed by atoms with Crippen molar-refractivity contribution in [1.29, 1.82) is 0 Å². The number of nitrogens with zero attached hydrogens (tertiary/aromatic N) is 6. The van der Waals surface area contributed by atoms with Gasteiger partial charge in [0.25, 0.3) is 0 Å². The van der Waals surface area contributed by atoms with Crippen LogP contribution in [-0.4, -0.2) is 41.2 Å². The lowest BCUT2D eigenvalue weighted by Crippen LogP contribution is -2.17. The summed E-state index contributed by atoms with van der Waals surface area (Å²) in [6, 6.07) is 16.0. The zero-order valence-electron chi connectivity index (χ0n) is 19.5. The molecule has 3 aromatic heterocycles. The average Bonchev–Trinajstić information content (AvgIpc) is 3.43. The Balaban J connectivity index is 1.34. The highest BCUT2D eigenvalue weighted by Gasteiger charge is 2.30. The van der Waals surface area contributed by atoms with Gasteiger partial charge >= 0.3 is 0 Å². The molecule has 0 spiro atoms. The molecule has 3 heterocycles. The summed E-state index contributed by atoms with van der Waals surface area (Å²) in [5.41, 5.74) is 2.60. The van der Waals surface area contributed by atoms with E-state index in [0.29, 0.717) is 11.9 Å². The van der Waals surface area contributed by atoms with Crippen molar-refractivity contribution in [1.82, 2.24) is 29.5 Å². The van der Waals surface area contributed by atoms with E-state index in [1.54, 1.807) is 17.1 Å². The predicted octanol–water partition coefficient (Wildman–Crippen LogP) is 4.89. The van der Waals surface area contributed by atoms with E-state index in [1.165, 1.54) is 11.8 Å². The monoisotopic (exact) mass is 473 g/mol. The van der Waals surface area contributed by atoms with Crippen LogP contribution in [0, 0.1) is 0 Å². The number of hydrogen-bond donors (Lipinski definition) is 1. The van der Waals surface area contributed by atoms with Crippen molar-refractivity contribution in [3.63, 3.8) is 0 Å². The van der Waals surface area contributed by atoms with Crippen molar-refractivity contribution in [2.45, 2.75) is 50.2 Å². The van der Waals surface area contributed by atoms with Gasteiger partial charge in [0.05, 0.1) is 17.1 Å². The molecule has 34 heavy (non-hydrogen) atoms. The zero-order valence-corrected chi connectivity index (χ0v) is 20.3. The van der Waals surface area contributed by atoms with Crippen LogP contribution in [0.5, 0.6) is 0 Å². The van der Waals surface area contributed by atoms with Crippen molar-refractivity contribution >= 4 is 23.5 Å². The smallest absolute Gasteiger partial charge is 0.236 e. The van der Waals surface area contributed by atoms with Crippen LogP contribution in [0.4, 0.5) is 5.82 Å². The Bertz CT molecular complexity index is 1290. The summed E-state index contributed by atoms with van der Waals surface area (Å²) < 4.78 is 3.93. The van der Waals surface area contributed by atoms with E-state index in [4.69, 9.17) is 5.10 Å². The third kappa shape index (κ3) is 4.75. The summed E-state index contributed by atoms with van der Waals surface area (Å²) in [6.07, 6.45) is 5.72. The Morgan fingerprint density at radius 3 is 2.59 bits per heavy atom. The van der Waals surface area contributed by atoms with E-state index in [-0.39, 0.29) is 17.1 Å². The van der Waals surface area contributed by atoms with Crippen LogP contribution in [0.15, 0.2) is 66.1 Å². The molecule has 1 fully saturated rings. The highest BCUT2D eigenvalue weighted by molar-refractivity contribution is 7.99. The van der Waals surface area contributed by atoms with Gasteiger partial charge in [0.1, 0.15) is 5.82 Å². The Hall–Kier alpha value is -3.46. The Kier molecular flexibility index (Phi) is 5.95. The van der Waals surface area contributed by atoms with Crippen molar-refractivity contribution in [2.24, 2.45) is 0 Å². The summed E-state index contributed by atoms with van der Waals surface area (Å²) in [6.45, 7) is 6.32. The lowest BCUT2D eigenvalue weighted by Gasteiger charge is -2.14. The number of nitrogens with one attached hydrogen (secondary N) is 1. The molecule has 1 aliphatic rings. The van der Waals surface area contributed by atoms with Gasteiger partial charge < -0.3 is 5.32 Å². The number of thioether (sulfide) groups is 1. The standard InChI is InChI=1S/C25H27N7OS/c1-25(2,3)20-14-21(32(30-20)19-9-5-4-6-10-19)27-22(33)16-34-24-29-28-23(31(24)18-11-12-18)17-8-7-13-26-15-17/h4-10,13-15,18H,11-12,16H2,1-3H3,(H,27,33). The minimum atomic E-state index is -0.141. The van der Waals surface area contributed by atoms with E-state index in [9.17, 15) is 4.79 Å². The predicted molar refractivity (Wildman–Crippen MR) is 133 cm³/mol. The minimum absolute atomic E-state index is 0.115. The Labute approximate surface area is 202 Å². The Morgan fingerprint density at radius 1 is 1.12 bits per heavy atom. The van der Waals surface area contributed by atoms with Crippen molar-refractivity contribution in [3.05, 3.63) is 66.6 Å². The normalized spacial score (nSPS) is 13.7. The molecule has 9 heteroatoms. The van der Waals surface area contributed by atoms with Gasteiger partial charge in [0.2, 0.25) is 5.91 Å². The van der Waals surface area contributed by atoms with Gasteiger partial charge in [-0.2, -0.15) is 5.10 Å². The van der Waals surface area contributed by atoms with Crippen LogP contribution in [0.2, 0.25) is 0 Å². The highest BCUT2D eigenvalue weighted by atomic mass is 32.2. The number of aromatic nitrogens is 6. The number of benzene rings is 1. The van der Waals surface area contributed by atoms with Crippen molar-refractivity contribution in [3.8, 4) is 17.1 Å². The van der Waals surface area contributed by atoms with Gasteiger partial charge in [-0.25, -0.2) is 4.68 Å². The SMILES string of the molecule is CC(C)(C)c1cc(NC(=O)CSc2nnc(-c3cccnc3)n2C2CC2)n(-c2ccccc2)n1. The fraction of sp³-hybridized carbons (Fsp3) is 0.320. The molecule has 0 aliphatic heterocycles. The number of carbonyl (C=O) groups excluding carboxylic acids is 1. The van der Waals surface area contributed by atoms with E-state index in [0.717, 1.165) is 40.8 Å². The summed E-state index contributed by atoms with van der Waals surface area (Å²) in [5, 5.41) is 17.4. The first kappa shape index (κ1) is 22.3. The third-order valence-corrected chi connectivity index (χ3v) is 6.52. The number of para-hydroxylation sites is 1. The van der Waals surface area contributed by atoms with Crippen LogP contribution in [0.1, 0.15) is 45.3 Å². The molecule has 0 unspecified atom stereocenters. The van der Waals surface area contributed by atoms with Gasteiger partial charge in [-0.1, -0.05) is 50.7 Å². The van der Waals surface area contributed by atoms with E-state index in [2.05, 4.69) is 45.8 Å². The molecule has 1 amide bonds. The van der Waals surface area contributed by atoms with Crippen molar-refractivity contribution < 1.29 is 4.79 Å². The molecule has 0 atom stereocenters. The van der Waals surface area contributed by atoms with E-state index < -0.39 is 0 Å². The molecule has 1 saturated carbocycles. The second kappa shape index (κ2) is 9.06. The first-order chi connectivity index (χ1) is 16.4. The van der Waals surface area contributed by atoms with Crippen LogP contribution in [0.25, 0.3) is 17.1 Å². The maximum atomic E-state index is 13.0. The van der Waals surface area contributed by atoms with Gasteiger partial charge in [0, 0.05) is 35.5 Å². The molecule has 1 aliphatic carbocycles. The molecular weight excluding hydrogens is 446 g/mol. The maximum absolute atomic E-state index is 13.0. The number of pyridine rings is 1. The lowest BCUT2D eigenvalue weighted by molar-refractivity contribution is -0.113. The first-order valence-corrected chi connectivity index (χ1v) is 12.3. The zero-order chi connectivity index (χ0) is 23.7. The van der Waals surface area contributed by atoms with Crippen LogP contribution in [-0.2, 0) is 10.2 Å². The first-order valence-electron chi connectivity index (χ1n) is 11.3. The van der Waals surface area contributed by atoms with Crippen LogP contribution >= 0.6 is 11.8 Å². The summed E-state index contributed by atoms with van der Waals surface area (Å²) in [5.74, 6) is 1.57. The Morgan fingerprint density at radius 2 is 1.91 bits per heavy atom. The molecule has 0 radical (unpaired) electrons. The second-order valence-corrected chi connectivity index (χ2v) is 10.3. The summed E-state index contributed by atoms with van der Waals surface area (Å²) >= 11 is 1.40. The molecule has 1 N–H and O–H groups in total. The maximum Gasteiger partial charge on any atom is 0.236 e.